The number of carboxylic acid groups (broad SMARTS) is 1. The minimum atomic E-state index is -0.932. The summed E-state index contributed by atoms with van der Waals surface area (Å²) >= 11 is 0. The Kier molecular flexibility index (Phi) is 3.46. The van der Waals surface area contributed by atoms with Crippen molar-refractivity contribution in [2.75, 3.05) is 5.32 Å². The Bertz CT molecular complexity index is 621. The second-order valence-electron chi connectivity index (χ2n) is 4.34. The maximum Gasteiger partial charge on any atom is 0.336 e. The molecule has 0 saturated heterocycles. The van der Waals surface area contributed by atoms with Gasteiger partial charge in [-0.25, -0.2) is 4.79 Å². The summed E-state index contributed by atoms with van der Waals surface area (Å²) in [6.07, 6.45) is 0. The van der Waals surface area contributed by atoms with E-state index in [2.05, 4.69) is 20.7 Å². The molecule has 0 aliphatic heterocycles. The van der Waals surface area contributed by atoms with Crippen molar-refractivity contribution in [3.8, 4) is 0 Å². The van der Waals surface area contributed by atoms with Gasteiger partial charge in [0.25, 0.3) is 0 Å². The Labute approximate surface area is 110 Å². The fourth-order valence-electron chi connectivity index (χ4n) is 1.84. The Morgan fingerprint density at radius 1 is 1.37 bits per heavy atom. The summed E-state index contributed by atoms with van der Waals surface area (Å²) in [6, 6.07) is 3.47. The predicted molar refractivity (Wildman–Crippen MR) is 69.0 cm³/mol. The standard InChI is InChI=1S/C12H15N5O2/c1-7-4-8(2)10(5-9(7)12(18)19)13-6-11-14-16-17(3)15-11/h4-5,13H,6H2,1-3H3,(H,18,19). The first-order valence-corrected chi connectivity index (χ1v) is 5.78. The van der Waals surface area contributed by atoms with E-state index in [4.69, 9.17) is 5.11 Å². The SMILES string of the molecule is Cc1cc(C)c(C(=O)O)cc1NCc1nnn(C)n1. The number of carboxylic acids is 1. The number of nitrogens with zero attached hydrogens (tertiary/aromatic N) is 4. The van der Waals surface area contributed by atoms with Crippen molar-refractivity contribution in [1.29, 1.82) is 0 Å². The highest BCUT2D eigenvalue weighted by Crippen LogP contribution is 2.21. The van der Waals surface area contributed by atoms with Crippen LogP contribution in [0.15, 0.2) is 12.1 Å². The van der Waals surface area contributed by atoms with E-state index in [-0.39, 0.29) is 0 Å². The maximum atomic E-state index is 11.1. The third kappa shape index (κ3) is 2.87. The van der Waals surface area contributed by atoms with Crippen LogP contribution in [0.5, 0.6) is 0 Å². The smallest absolute Gasteiger partial charge is 0.336 e. The summed E-state index contributed by atoms with van der Waals surface area (Å²) in [5, 5.41) is 23.9. The molecule has 2 aromatic rings. The number of anilines is 1. The number of aromatic nitrogens is 4. The fourth-order valence-corrected chi connectivity index (χ4v) is 1.84. The van der Waals surface area contributed by atoms with Gasteiger partial charge in [-0.2, -0.15) is 4.80 Å². The third-order valence-corrected chi connectivity index (χ3v) is 2.79. The molecule has 1 aromatic heterocycles. The van der Waals surface area contributed by atoms with Crippen molar-refractivity contribution in [3.05, 3.63) is 34.6 Å². The number of hydrogen-bond acceptors (Lipinski definition) is 5. The first-order chi connectivity index (χ1) is 8.97. The Balaban J connectivity index is 2.20. The van der Waals surface area contributed by atoms with Crippen LogP contribution in [0.1, 0.15) is 27.3 Å². The second kappa shape index (κ2) is 5.05. The van der Waals surface area contributed by atoms with E-state index in [1.165, 1.54) is 4.80 Å². The van der Waals surface area contributed by atoms with Crippen LogP contribution in [0.4, 0.5) is 5.69 Å². The Morgan fingerprint density at radius 3 is 2.68 bits per heavy atom. The van der Waals surface area contributed by atoms with Crippen molar-refractivity contribution < 1.29 is 9.90 Å². The lowest BCUT2D eigenvalue weighted by Crippen LogP contribution is -2.07. The van der Waals surface area contributed by atoms with E-state index >= 15 is 0 Å². The van der Waals surface area contributed by atoms with Gasteiger partial charge >= 0.3 is 5.97 Å². The van der Waals surface area contributed by atoms with Gasteiger partial charge in [0, 0.05) is 5.69 Å². The number of aryl methyl sites for hydroxylation is 3. The number of carbonyl (C=O) groups is 1. The zero-order chi connectivity index (χ0) is 14.0. The number of benzene rings is 1. The first kappa shape index (κ1) is 13.0. The first-order valence-electron chi connectivity index (χ1n) is 5.78. The molecule has 0 amide bonds. The third-order valence-electron chi connectivity index (χ3n) is 2.79. The Hall–Kier alpha value is -2.44. The molecule has 0 spiro atoms. The molecule has 2 N–H and O–H groups in total. The van der Waals surface area contributed by atoms with Crippen LogP contribution in [0.2, 0.25) is 0 Å². The van der Waals surface area contributed by atoms with Crippen molar-refractivity contribution in [2.45, 2.75) is 20.4 Å². The van der Waals surface area contributed by atoms with E-state index in [0.29, 0.717) is 17.9 Å². The monoisotopic (exact) mass is 261 g/mol. The molecule has 100 valence electrons. The molecule has 0 atom stereocenters. The molecule has 2 rings (SSSR count). The largest absolute Gasteiger partial charge is 0.478 e. The van der Waals surface area contributed by atoms with Crippen molar-refractivity contribution in [3.63, 3.8) is 0 Å². The van der Waals surface area contributed by atoms with Crippen LogP contribution < -0.4 is 5.32 Å². The van der Waals surface area contributed by atoms with Gasteiger partial charge in [0.2, 0.25) is 0 Å². The van der Waals surface area contributed by atoms with Crippen LogP contribution in [0, 0.1) is 13.8 Å². The summed E-state index contributed by atoms with van der Waals surface area (Å²) in [5.41, 5.74) is 2.77. The summed E-state index contributed by atoms with van der Waals surface area (Å²) in [4.78, 5) is 12.5. The summed E-state index contributed by atoms with van der Waals surface area (Å²) in [7, 11) is 1.69. The lowest BCUT2D eigenvalue weighted by molar-refractivity contribution is 0.0696. The topological polar surface area (TPSA) is 92.9 Å². The summed E-state index contributed by atoms with van der Waals surface area (Å²) in [5.74, 6) is -0.377. The van der Waals surface area contributed by atoms with Gasteiger partial charge in [0.05, 0.1) is 19.2 Å². The minimum absolute atomic E-state index is 0.292. The second-order valence-corrected chi connectivity index (χ2v) is 4.34. The van der Waals surface area contributed by atoms with E-state index in [1.807, 2.05) is 13.0 Å². The number of aromatic carboxylic acids is 1. The van der Waals surface area contributed by atoms with Gasteiger partial charge in [0.15, 0.2) is 5.82 Å². The minimum Gasteiger partial charge on any atom is -0.478 e. The van der Waals surface area contributed by atoms with Crippen molar-refractivity contribution >= 4 is 11.7 Å². The quantitative estimate of drug-likeness (QED) is 0.857. The molecule has 19 heavy (non-hydrogen) atoms. The molecule has 0 unspecified atom stereocenters. The van der Waals surface area contributed by atoms with Gasteiger partial charge in [0.1, 0.15) is 0 Å². The van der Waals surface area contributed by atoms with Crippen LogP contribution >= 0.6 is 0 Å². The molecular formula is C12H15N5O2. The van der Waals surface area contributed by atoms with Crippen molar-refractivity contribution in [2.24, 2.45) is 7.05 Å². The fraction of sp³-hybridized carbons (Fsp3) is 0.333. The van der Waals surface area contributed by atoms with E-state index < -0.39 is 5.97 Å². The van der Waals surface area contributed by atoms with Crippen LogP contribution in [0.3, 0.4) is 0 Å². The van der Waals surface area contributed by atoms with Gasteiger partial charge in [-0.15, -0.1) is 10.2 Å². The summed E-state index contributed by atoms with van der Waals surface area (Å²) in [6.45, 7) is 4.10. The van der Waals surface area contributed by atoms with Gasteiger partial charge in [-0.05, 0) is 36.3 Å². The molecule has 0 saturated carbocycles. The van der Waals surface area contributed by atoms with Crippen molar-refractivity contribution in [1.82, 2.24) is 20.2 Å². The van der Waals surface area contributed by atoms with Gasteiger partial charge in [-0.3, -0.25) is 0 Å². The highest BCUT2D eigenvalue weighted by molar-refractivity contribution is 5.91. The van der Waals surface area contributed by atoms with Crippen LogP contribution in [-0.2, 0) is 13.6 Å². The zero-order valence-corrected chi connectivity index (χ0v) is 11.0. The maximum absolute atomic E-state index is 11.1. The lowest BCUT2D eigenvalue weighted by Gasteiger charge is -2.11. The van der Waals surface area contributed by atoms with E-state index in [9.17, 15) is 4.79 Å². The lowest BCUT2D eigenvalue weighted by atomic mass is 10.0. The average molecular weight is 261 g/mol. The highest BCUT2D eigenvalue weighted by atomic mass is 16.4. The molecule has 1 aromatic carbocycles. The molecule has 1 heterocycles. The predicted octanol–water partition coefficient (Wildman–Crippen LogP) is 1.14. The average Bonchev–Trinajstić information content (AvgIpc) is 2.73. The normalized spacial score (nSPS) is 10.5. The summed E-state index contributed by atoms with van der Waals surface area (Å²) < 4.78 is 0. The Morgan fingerprint density at radius 2 is 2.11 bits per heavy atom. The molecular weight excluding hydrogens is 246 g/mol. The molecule has 7 heteroatoms. The number of rotatable bonds is 4. The van der Waals surface area contributed by atoms with E-state index in [0.717, 1.165) is 16.8 Å². The highest BCUT2D eigenvalue weighted by Gasteiger charge is 2.11. The number of tetrazole rings is 1. The zero-order valence-electron chi connectivity index (χ0n) is 11.0. The number of nitrogens with one attached hydrogen (secondary N) is 1. The molecule has 0 aliphatic rings. The van der Waals surface area contributed by atoms with E-state index in [1.54, 1.807) is 20.0 Å². The van der Waals surface area contributed by atoms with Crippen LogP contribution in [0.25, 0.3) is 0 Å². The van der Waals surface area contributed by atoms with Crippen LogP contribution in [-0.4, -0.2) is 31.3 Å². The van der Waals surface area contributed by atoms with Gasteiger partial charge in [-0.1, -0.05) is 6.07 Å². The molecule has 7 nitrogen and oxygen atoms in total. The molecule has 0 fully saturated rings. The molecule has 0 aliphatic carbocycles. The molecule has 0 bridgehead atoms. The number of hydrogen-bond donors (Lipinski definition) is 2. The molecule has 0 radical (unpaired) electrons. The van der Waals surface area contributed by atoms with Gasteiger partial charge < -0.3 is 10.4 Å².